The Hall–Kier alpha value is -1.15. The van der Waals surface area contributed by atoms with Gasteiger partial charge in [-0.25, -0.2) is 13.1 Å². The van der Waals surface area contributed by atoms with Crippen molar-refractivity contribution in [3.8, 4) is 0 Å². The minimum atomic E-state index is -3.98. The molecule has 0 aromatic rings. The van der Waals surface area contributed by atoms with E-state index in [0.29, 0.717) is 6.42 Å². The van der Waals surface area contributed by atoms with Crippen LogP contribution in [0.25, 0.3) is 0 Å². The predicted molar refractivity (Wildman–Crippen MR) is 64.5 cm³/mol. The Morgan fingerprint density at radius 2 is 1.94 bits per heavy atom. The summed E-state index contributed by atoms with van der Waals surface area (Å²) in [5.74, 6) is -3.02. The number of unbranched alkanes of at least 4 members (excludes halogenated alkanes) is 1. The van der Waals surface area contributed by atoms with Gasteiger partial charge in [-0.05, 0) is 13.3 Å². The highest BCUT2D eigenvalue weighted by Crippen LogP contribution is 2.03. The third kappa shape index (κ3) is 7.23. The summed E-state index contributed by atoms with van der Waals surface area (Å²) in [6.45, 7) is 3.50. The van der Waals surface area contributed by atoms with Gasteiger partial charge in [0.2, 0.25) is 10.0 Å². The zero-order valence-corrected chi connectivity index (χ0v) is 11.3. The van der Waals surface area contributed by atoms with Crippen LogP contribution in [0.5, 0.6) is 0 Å². The van der Waals surface area contributed by atoms with Crippen LogP contribution in [0, 0.1) is 0 Å². The van der Waals surface area contributed by atoms with Crippen molar-refractivity contribution in [1.29, 1.82) is 0 Å². The summed E-state index contributed by atoms with van der Waals surface area (Å²) in [7, 11) is -3.98. The SMILES string of the molecule is CCCCC(NS(=O)(=O)CC(=O)OCC)C(=O)O. The lowest BCUT2D eigenvalue weighted by Crippen LogP contribution is -2.43. The molecule has 0 saturated carbocycles. The van der Waals surface area contributed by atoms with Crippen LogP contribution in [-0.2, 0) is 24.3 Å². The van der Waals surface area contributed by atoms with Crippen molar-refractivity contribution in [2.45, 2.75) is 39.2 Å². The van der Waals surface area contributed by atoms with E-state index in [9.17, 15) is 18.0 Å². The van der Waals surface area contributed by atoms with Gasteiger partial charge in [0.15, 0.2) is 5.75 Å². The van der Waals surface area contributed by atoms with E-state index in [1.54, 1.807) is 6.92 Å². The van der Waals surface area contributed by atoms with Gasteiger partial charge >= 0.3 is 11.9 Å². The van der Waals surface area contributed by atoms with Gasteiger partial charge in [0.1, 0.15) is 6.04 Å². The molecule has 1 atom stereocenters. The molecule has 0 fully saturated rings. The lowest BCUT2D eigenvalue weighted by atomic mass is 10.1. The number of rotatable bonds is 9. The van der Waals surface area contributed by atoms with Gasteiger partial charge in [0, 0.05) is 0 Å². The normalized spacial score (nSPS) is 13.0. The van der Waals surface area contributed by atoms with Crippen LogP contribution in [0.2, 0.25) is 0 Å². The maximum absolute atomic E-state index is 11.5. The molecule has 0 aromatic carbocycles. The fourth-order valence-corrected chi connectivity index (χ4v) is 2.39. The van der Waals surface area contributed by atoms with Crippen LogP contribution in [0.1, 0.15) is 33.1 Å². The third-order valence-corrected chi connectivity index (χ3v) is 3.34. The Morgan fingerprint density at radius 3 is 2.39 bits per heavy atom. The maximum atomic E-state index is 11.5. The first-order valence-electron chi connectivity index (χ1n) is 5.70. The second kappa shape index (κ2) is 8.04. The smallest absolute Gasteiger partial charge is 0.322 e. The van der Waals surface area contributed by atoms with Gasteiger partial charge < -0.3 is 9.84 Å². The molecule has 0 rings (SSSR count). The molecule has 0 saturated heterocycles. The summed E-state index contributed by atoms with van der Waals surface area (Å²) in [6.07, 6.45) is 1.52. The van der Waals surface area contributed by atoms with E-state index in [2.05, 4.69) is 4.74 Å². The highest BCUT2D eigenvalue weighted by Gasteiger charge is 2.25. The van der Waals surface area contributed by atoms with Gasteiger partial charge in [-0.15, -0.1) is 0 Å². The summed E-state index contributed by atoms with van der Waals surface area (Å²) >= 11 is 0. The molecule has 0 spiro atoms. The molecule has 7 nitrogen and oxygen atoms in total. The summed E-state index contributed by atoms with van der Waals surface area (Å²) in [6, 6.07) is -1.20. The molecule has 2 N–H and O–H groups in total. The van der Waals surface area contributed by atoms with Gasteiger partial charge in [0.25, 0.3) is 0 Å². The summed E-state index contributed by atoms with van der Waals surface area (Å²) in [4.78, 5) is 21.9. The molecule has 0 heterocycles. The number of nitrogens with one attached hydrogen (secondary N) is 1. The van der Waals surface area contributed by atoms with Gasteiger partial charge in [-0.2, -0.15) is 0 Å². The number of carbonyl (C=O) groups is 2. The molecule has 0 radical (unpaired) electrons. The van der Waals surface area contributed by atoms with Crippen molar-refractivity contribution in [1.82, 2.24) is 4.72 Å². The minimum absolute atomic E-state index is 0.0759. The van der Waals surface area contributed by atoms with Gasteiger partial charge in [-0.3, -0.25) is 9.59 Å². The fraction of sp³-hybridized carbons (Fsp3) is 0.800. The van der Waals surface area contributed by atoms with E-state index in [4.69, 9.17) is 5.11 Å². The molecule has 106 valence electrons. The molecular weight excluding hydrogens is 262 g/mol. The zero-order valence-electron chi connectivity index (χ0n) is 10.5. The lowest BCUT2D eigenvalue weighted by Gasteiger charge is -2.13. The highest BCUT2D eigenvalue weighted by molar-refractivity contribution is 7.90. The number of sulfonamides is 1. The number of carboxylic acid groups (broad SMARTS) is 1. The molecule has 0 aliphatic rings. The van der Waals surface area contributed by atoms with Crippen LogP contribution in [0.3, 0.4) is 0 Å². The average molecular weight is 281 g/mol. The molecule has 0 aliphatic carbocycles. The van der Waals surface area contributed by atoms with E-state index < -0.39 is 33.8 Å². The first-order chi connectivity index (χ1) is 8.32. The van der Waals surface area contributed by atoms with E-state index in [1.165, 1.54) is 0 Å². The number of hydrogen-bond donors (Lipinski definition) is 2. The fourth-order valence-electron chi connectivity index (χ4n) is 1.26. The van der Waals surface area contributed by atoms with Crippen LogP contribution in [0.4, 0.5) is 0 Å². The molecule has 0 bridgehead atoms. The Kier molecular flexibility index (Phi) is 7.53. The first-order valence-corrected chi connectivity index (χ1v) is 7.36. The summed E-state index contributed by atoms with van der Waals surface area (Å²) in [5, 5.41) is 8.86. The molecular formula is C10H19NO6S. The van der Waals surface area contributed by atoms with Gasteiger partial charge in [-0.1, -0.05) is 19.8 Å². The topological polar surface area (TPSA) is 110 Å². The van der Waals surface area contributed by atoms with Crippen LogP contribution in [0.15, 0.2) is 0 Å². The number of esters is 1. The molecule has 8 heteroatoms. The molecule has 0 aromatic heterocycles. The largest absolute Gasteiger partial charge is 0.480 e. The Labute approximate surface area is 107 Å². The Morgan fingerprint density at radius 1 is 1.33 bits per heavy atom. The third-order valence-electron chi connectivity index (χ3n) is 2.08. The zero-order chi connectivity index (χ0) is 14.2. The van der Waals surface area contributed by atoms with Crippen LogP contribution < -0.4 is 4.72 Å². The quantitative estimate of drug-likeness (QED) is 0.581. The van der Waals surface area contributed by atoms with Crippen molar-refractivity contribution >= 4 is 22.0 Å². The van der Waals surface area contributed by atoms with Crippen molar-refractivity contribution in [2.75, 3.05) is 12.4 Å². The predicted octanol–water partition coefficient (Wildman–Crippen LogP) is 0.112. The number of hydrogen-bond acceptors (Lipinski definition) is 5. The van der Waals surface area contributed by atoms with E-state index in [1.807, 2.05) is 11.6 Å². The summed E-state index contributed by atoms with van der Waals surface area (Å²) < 4.78 is 29.5. The van der Waals surface area contributed by atoms with E-state index >= 15 is 0 Å². The maximum Gasteiger partial charge on any atom is 0.322 e. The first kappa shape index (κ1) is 16.9. The number of ether oxygens (including phenoxy) is 1. The van der Waals surface area contributed by atoms with Crippen LogP contribution >= 0.6 is 0 Å². The molecule has 1 unspecified atom stereocenters. The van der Waals surface area contributed by atoms with Crippen molar-refractivity contribution in [3.63, 3.8) is 0 Å². The average Bonchev–Trinajstić information content (AvgIpc) is 2.23. The van der Waals surface area contributed by atoms with Crippen molar-refractivity contribution in [2.24, 2.45) is 0 Å². The van der Waals surface area contributed by atoms with Gasteiger partial charge in [0.05, 0.1) is 6.61 Å². The van der Waals surface area contributed by atoms with Crippen molar-refractivity contribution < 1.29 is 27.9 Å². The lowest BCUT2D eigenvalue weighted by molar-refractivity contribution is -0.141. The van der Waals surface area contributed by atoms with E-state index in [-0.39, 0.29) is 13.0 Å². The van der Waals surface area contributed by atoms with E-state index in [0.717, 1.165) is 6.42 Å². The second-order valence-electron chi connectivity index (χ2n) is 3.72. The highest BCUT2D eigenvalue weighted by atomic mass is 32.2. The second-order valence-corrected chi connectivity index (χ2v) is 5.47. The Balaban J connectivity index is 4.51. The minimum Gasteiger partial charge on any atom is -0.480 e. The molecule has 0 amide bonds. The summed E-state index contributed by atoms with van der Waals surface area (Å²) in [5.41, 5.74) is 0. The molecule has 18 heavy (non-hydrogen) atoms. The monoisotopic (exact) mass is 281 g/mol. The standard InChI is InChI=1S/C10H19NO6S/c1-3-5-6-8(10(13)14)11-18(15,16)7-9(12)17-4-2/h8,11H,3-7H2,1-2H3,(H,13,14). The van der Waals surface area contributed by atoms with Crippen LogP contribution in [-0.4, -0.2) is 43.9 Å². The number of carboxylic acids is 1. The molecule has 0 aliphatic heterocycles. The Bertz CT molecular complexity index is 378. The number of aliphatic carboxylic acids is 1. The number of carbonyl (C=O) groups excluding carboxylic acids is 1. The van der Waals surface area contributed by atoms with Crippen molar-refractivity contribution in [3.05, 3.63) is 0 Å².